The van der Waals surface area contributed by atoms with Crippen molar-refractivity contribution in [3.8, 4) is 0 Å². The molecule has 2 N–H and O–H groups in total. The summed E-state index contributed by atoms with van der Waals surface area (Å²) < 4.78 is 0. The smallest absolute Gasteiger partial charge is 0.257 e. The first-order valence-electron chi connectivity index (χ1n) is 6.70. The fraction of sp³-hybridized carbons (Fsp3) is 0.571. The highest BCUT2D eigenvalue weighted by Crippen LogP contribution is 2.17. The number of carbonyl (C=O) groups excluding carboxylic acids is 1. The highest BCUT2D eigenvalue weighted by Gasteiger charge is 2.19. The minimum absolute atomic E-state index is 0.0295. The van der Waals surface area contributed by atoms with Crippen LogP contribution in [0.1, 0.15) is 48.2 Å². The molecule has 0 spiro atoms. The number of carbonyl (C=O) groups is 1. The molecule has 1 saturated heterocycles. The lowest BCUT2D eigenvalue weighted by Gasteiger charge is -2.25. The third-order valence-electron chi connectivity index (χ3n) is 3.45. The second kappa shape index (κ2) is 5.85. The minimum Gasteiger partial charge on any atom is -0.398 e. The van der Waals surface area contributed by atoms with E-state index in [1.54, 1.807) is 12.3 Å². The number of nitrogens with two attached hydrogens (primary N) is 1. The van der Waals surface area contributed by atoms with E-state index in [0.717, 1.165) is 31.6 Å². The normalized spacial score (nSPS) is 17.1. The van der Waals surface area contributed by atoms with Gasteiger partial charge >= 0.3 is 0 Å². The number of rotatable bonds is 1. The molecule has 1 aromatic rings. The van der Waals surface area contributed by atoms with Gasteiger partial charge in [0.2, 0.25) is 0 Å². The standard InChI is InChI=1S/C14H21N3O/c1-11-9-13(15)12(10-16-11)14(18)17-7-5-3-2-4-6-8-17/h9-10H,2-8H2,1H3,(H2,15,16). The van der Waals surface area contributed by atoms with Crippen molar-refractivity contribution in [2.24, 2.45) is 0 Å². The van der Waals surface area contributed by atoms with Gasteiger partial charge in [-0.25, -0.2) is 0 Å². The zero-order valence-electron chi connectivity index (χ0n) is 11.0. The average molecular weight is 247 g/mol. The van der Waals surface area contributed by atoms with E-state index in [1.165, 1.54) is 19.3 Å². The summed E-state index contributed by atoms with van der Waals surface area (Å²) in [5, 5.41) is 0. The second-order valence-corrected chi connectivity index (χ2v) is 4.97. The molecule has 0 atom stereocenters. The molecule has 1 amide bonds. The summed E-state index contributed by atoms with van der Waals surface area (Å²) in [4.78, 5) is 18.5. The number of hydrogen-bond acceptors (Lipinski definition) is 3. The Morgan fingerprint density at radius 1 is 1.22 bits per heavy atom. The van der Waals surface area contributed by atoms with Crippen molar-refractivity contribution < 1.29 is 4.79 Å². The number of likely N-dealkylation sites (tertiary alicyclic amines) is 1. The Hall–Kier alpha value is -1.58. The number of aromatic nitrogens is 1. The average Bonchev–Trinajstić information content (AvgIpc) is 2.27. The molecule has 1 aromatic heterocycles. The largest absolute Gasteiger partial charge is 0.398 e. The molecule has 18 heavy (non-hydrogen) atoms. The molecule has 0 saturated carbocycles. The number of hydrogen-bond donors (Lipinski definition) is 1. The van der Waals surface area contributed by atoms with Crippen LogP contribution in [-0.4, -0.2) is 28.9 Å². The molecule has 1 aliphatic rings. The maximum Gasteiger partial charge on any atom is 0.257 e. The van der Waals surface area contributed by atoms with Crippen LogP contribution in [0, 0.1) is 6.92 Å². The van der Waals surface area contributed by atoms with Gasteiger partial charge in [0.25, 0.3) is 5.91 Å². The highest BCUT2D eigenvalue weighted by atomic mass is 16.2. The maximum absolute atomic E-state index is 12.4. The van der Waals surface area contributed by atoms with Crippen LogP contribution in [0.2, 0.25) is 0 Å². The van der Waals surface area contributed by atoms with E-state index < -0.39 is 0 Å². The summed E-state index contributed by atoms with van der Waals surface area (Å²) in [7, 11) is 0. The molecule has 4 heteroatoms. The Morgan fingerprint density at radius 2 is 1.83 bits per heavy atom. The number of pyridine rings is 1. The zero-order valence-corrected chi connectivity index (χ0v) is 11.0. The maximum atomic E-state index is 12.4. The number of nitrogens with zero attached hydrogens (tertiary/aromatic N) is 2. The van der Waals surface area contributed by atoms with Gasteiger partial charge in [0.15, 0.2) is 0 Å². The first-order valence-corrected chi connectivity index (χ1v) is 6.70. The van der Waals surface area contributed by atoms with Crippen molar-refractivity contribution in [3.63, 3.8) is 0 Å². The fourth-order valence-electron chi connectivity index (χ4n) is 2.38. The van der Waals surface area contributed by atoms with Crippen molar-refractivity contribution in [3.05, 3.63) is 23.5 Å². The van der Waals surface area contributed by atoms with Crippen LogP contribution in [0.25, 0.3) is 0 Å². The molecule has 0 aromatic carbocycles. The van der Waals surface area contributed by atoms with Crippen LogP contribution in [0.15, 0.2) is 12.3 Å². The number of nitrogen functional groups attached to an aromatic ring is 1. The predicted octanol–water partition coefficient (Wildman–Crippen LogP) is 2.38. The van der Waals surface area contributed by atoms with Crippen molar-refractivity contribution in [1.82, 2.24) is 9.88 Å². The van der Waals surface area contributed by atoms with Crippen molar-refractivity contribution in [2.75, 3.05) is 18.8 Å². The van der Waals surface area contributed by atoms with Gasteiger partial charge in [-0.05, 0) is 25.8 Å². The van der Waals surface area contributed by atoms with Crippen LogP contribution in [0.5, 0.6) is 0 Å². The van der Waals surface area contributed by atoms with E-state index in [-0.39, 0.29) is 5.91 Å². The Bertz CT molecular complexity index is 423. The molecule has 0 radical (unpaired) electrons. The van der Waals surface area contributed by atoms with Gasteiger partial charge in [0, 0.05) is 30.7 Å². The SMILES string of the molecule is Cc1cc(N)c(C(=O)N2CCCCCCC2)cn1. The molecular weight excluding hydrogens is 226 g/mol. The lowest BCUT2D eigenvalue weighted by molar-refractivity contribution is 0.0743. The van der Waals surface area contributed by atoms with Crippen molar-refractivity contribution >= 4 is 11.6 Å². The van der Waals surface area contributed by atoms with Gasteiger partial charge in [-0.1, -0.05) is 19.3 Å². The minimum atomic E-state index is 0.0295. The molecule has 0 unspecified atom stereocenters. The number of amides is 1. The molecule has 0 bridgehead atoms. The lowest BCUT2D eigenvalue weighted by Crippen LogP contribution is -2.34. The van der Waals surface area contributed by atoms with E-state index in [9.17, 15) is 4.79 Å². The lowest BCUT2D eigenvalue weighted by atomic mass is 10.1. The van der Waals surface area contributed by atoms with Crippen molar-refractivity contribution in [2.45, 2.75) is 39.0 Å². The molecule has 1 aliphatic heterocycles. The summed E-state index contributed by atoms with van der Waals surface area (Å²) in [6.07, 6.45) is 7.49. The fourth-order valence-corrected chi connectivity index (χ4v) is 2.38. The van der Waals surface area contributed by atoms with Gasteiger partial charge in [0.05, 0.1) is 5.56 Å². The summed E-state index contributed by atoms with van der Waals surface area (Å²) in [5.41, 5.74) is 7.83. The van der Waals surface area contributed by atoms with Gasteiger partial charge in [-0.3, -0.25) is 9.78 Å². The Labute approximate surface area is 108 Å². The van der Waals surface area contributed by atoms with E-state index in [2.05, 4.69) is 4.98 Å². The molecule has 1 fully saturated rings. The van der Waals surface area contributed by atoms with Crippen LogP contribution < -0.4 is 5.73 Å². The van der Waals surface area contributed by atoms with Crippen LogP contribution in [0.3, 0.4) is 0 Å². The highest BCUT2D eigenvalue weighted by molar-refractivity contribution is 5.98. The van der Waals surface area contributed by atoms with Gasteiger partial charge < -0.3 is 10.6 Å². The topological polar surface area (TPSA) is 59.2 Å². The van der Waals surface area contributed by atoms with E-state index in [1.807, 2.05) is 11.8 Å². The molecule has 0 aliphatic carbocycles. The molecule has 2 heterocycles. The summed E-state index contributed by atoms with van der Waals surface area (Å²) in [6, 6.07) is 1.76. The summed E-state index contributed by atoms with van der Waals surface area (Å²) >= 11 is 0. The van der Waals surface area contributed by atoms with Crippen molar-refractivity contribution in [1.29, 1.82) is 0 Å². The quantitative estimate of drug-likeness (QED) is 0.829. The van der Waals surface area contributed by atoms with Crippen LogP contribution in [-0.2, 0) is 0 Å². The molecule has 2 rings (SSSR count). The Morgan fingerprint density at radius 3 is 2.44 bits per heavy atom. The summed E-state index contributed by atoms with van der Waals surface area (Å²) in [6.45, 7) is 3.55. The zero-order chi connectivity index (χ0) is 13.0. The first-order chi connectivity index (χ1) is 8.68. The first kappa shape index (κ1) is 12.9. The van der Waals surface area contributed by atoms with Gasteiger partial charge in [-0.2, -0.15) is 0 Å². The van der Waals surface area contributed by atoms with Crippen LogP contribution >= 0.6 is 0 Å². The Balaban J connectivity index is 2.13. The molecule has 98 valence electrons. The monoisotopic (exact) mass is 247 g/mol. The van der Waals surface area contributed by atoms with E-state index >= 15 is 0 Å². The third-order valence-corrected chi connectivity index (χ3v) is 3.45. The summed E-state index contributed by atoms with van der Waals surface area (Å²) in [5.74, 6) is 0.0295. The van der Waals surface area contributed by atoms with E-state index in [0.29, 0.717) is 11.3 Å². The molecular formula is C14H21N3O. The number of anilines is 1. The second-order valence-electron chi connectivity index (χ2n) is 4.97. The third kappa shape index (κ3) is 3.00. The van der Waals surface area contributed by atoms with Gasteiger partial charge in [0.1, 0.15) is 0 Å². The molecule has 4 nitrogen and oxygen atoms in total. The Kier molecular flexibility index (Phi) is 4.18. The number of aryl methyl sites for hydroxylation is 1. The van der Waals surface area contributed by atoms with E-state index in [4.69, 9.17) is 5.73 Å². The van der Waals surface area contributed by atoms with Gasteiger partial charge in [-0.15, -0.1) is 0 Å². The van der Waals surface area contributed by atoms with Crippen LogP contribution in [0.4, 0.5) is 5.69 Å². The predicted molar refractivity (Wildman–Crippen MR) is 72.4 cm³/mol.